The van der Waals surface area contributed by atoms with E-state index in [2.05, 4.69) is 5.92 Å². The minimum atomic E-state index is 0.819. The predicted octanol–water partition coefficient (Wildman–Crippen LogP) is 1.12. The topological polar surface area (TPSA) is 20.2 Å². The highest BCUT2D eigenvalue weighted by atomic mass is 16.2. The molecule has 0 heterocycles. The van der Waals surface area contributed by atoms with Crippen LogP contribution in [0.1, 0.15) is 19.3 Å². The van der Waals surface area contributed by atoms with E-state index in [4.69, 9.17) is 5.11 Å². The van der Waals surface area contributed by atoms with E-state index < -0.39 is 0 Å². The molecule has 1 heteroatoms. The van der Waals surface area contributed by atoms with Crippen molar-refractivity contribution in [3.8, 4) is 12.0 Å². The number of hydrogen-bond acceptors (Lipinski definition) is 1. The standard InChI is InChI=1S/C6H8O/c7-5-1-2-6-3-4-6/h6-7H,2-4H2. The summed E-state index contributed by atoms with van der Waals surface area (Å²) in [6.45, 7) is 0. The Hall–Kier alpha value is -0.640. The van der Waals surface area contributed by atoms with E-state index in [0.29, 0.717) is 0 Å². The van der Waals surface area contributed by atoms with Gasteiger partial charge in [0.15, 0.2) is 0 Å². The van der Waals surface area contributed by atoms with Crippen LogP contribution in [0.5, 0.6) is 0 Å². The summed E-state index contributed by atoms with van der Waals surface area (Å²) in [4.78, 5) is 0. The van der Waals surface area contributed by atoms with Crippen LogP contribution in [0, 0.1) is 17.9 Å². The molecule has 0 amide bonds. The Morgan fingerprint density at radius 3 is 2.71 bits per heavy atom. The average Bonchev–Trinajstić information content (AvgIpc) is 2.42. The van der Waals surface area contributed by atoms with Crippen molar-refractivity contribution in [3.05, 3.63) is 0 Å². The van der Waals surface area contributed by atoms with E-state index in [1.165, 1.54) is 12.8 Å². The molecule has 0 aromatic carbocycles. The summed E-state index contributed by atoms with van der Waals surface area (Å²) in [6.07, 6.45) is 5.42. The van der Waals surface area contributed by atoms with Gasteiger partial charge in [-0.2, -0.15) is 0 Å². The molecule has 1 fully saturated rings. The molecule has 1 N–H and O–H groups in total. The first-order chi connectivity index (χ1) is 3.43. The lowest BCUT2D eigenvalue weighted by atomic mass is 10.3. The summed E-state index contributed by atoms with van der Waals surface area (Å²) in [6, 6.07) is 0. The van der Waals surface area contributed by atoms with Gasteiger partial charge in [0.2, 0.25) is 0 Å². The van der Waals surface area contributed by atoms with Crippen molar-refractivity contribution in [2.24, 2.45) is 5.92 Å². The summed E-state index contributed by atoms with van der Waals surface area (Å²) in [7, 11) is 0. The van der Waals surface area contributed by atoms with Crippen molar-refractivity contribution in [1.82, 2.24) is 0 Å². The molecule has 0 aromatic rings. The molecule has 1 rings (SSSR count). The lowest BCUT2D eigenvalue weighted by Crippen LogP contribution is -1.66. The SMILES string of the molecule is OC#CCC1CC1. The Kier molecular flexibility index (Phi) is 1.21. The zero-order valence-corrected chi connectivity index (χ0v) is 4.15. The van der Waals surface area contributed by atoms with Gasteiger partial charge in [0.05, 0.1) is 0 Å². The first kappa shape index (κ1) is 4.52. The van der Waals surface area contributed by atoms with Crippen molar-refractivity contribution < 1.29 is 5.11 Å². The van der Waals surface area contributed by atoms with Crippen LogP contribution >= 0.6 is 0 Å². The molecule has 1 saturated carbocycles. The van der Waals surface area contributed by atoms with Gasteiger partial charge in [0.25, 0.3) is 0 Å². The zero-order chi connectivity index (χ0) is 5.11. The Morgan fingerprint density at radius 1 is 1.57 bits per heavy atom. The molecule has 0 saturated heterocycles. The quantitative estimate of drug-likeness (QED) is 0.485. The van der Waals surface area contributed by atoms with Crippen molar-refractivity contribution in [2.45, 2.75) is 19.3 Å². The van der Waals surface area contributed by atoms with Crippen molar-refractivity contribution in [2.75, 3.05) is 0 Å². The van der Waals surface area contributed by atoms with Crippen LogP contribution in [0.4, 0.5) is 0 Å². The summed E-state index contributed by atoms with van der Waals surface area (Å²) in [5, 5.41) is 7.98. The van der Waals surface area contributed by atoms with Gasteiger partial charge >= 0.3 is 0 Å². The van der Waals surface area contributed by atoms with E-state index in [0.717, 1.165) is 12.3 Å². The highest BCUT2D eigenvalue weighted by Crippen LogP contribution is 2.31. The summed E-state index contributed by atoms with van der Waals surface area (Å²) >= 11 is 0. The Labute approximate surface area is 43.4 Å². The third-order valence-electron chi connectivity index (χ3n) is 1.17. The Bertz CT molecular complexity index is 103. The fourth-order valence-electron chi connectivity index (χ4n) is 0.512. The summed E-state index contributed by atoms with van der Waals surface area (Å²) < 4.78 is 0. The molecule has 1 aliphatic rings. The van der Waals surface area contributed by atoms with Crippen LogP contribution in [-0.4, -0.2) is 5.11 Å². The molecule has 1 aliphatic carbocycles. The maximum Gasteiger partial charge on any atom is 0.107 e. The maximum absolute atomic E-state index is 7.98. The third kappa shape index (κ3) is 1.50. The first-order valence-corrected chi connectivity index (χ1v) is 2.55. The van der Waals surface area contributed by atoms with E-state index >= 15 is 0 Å². The molecule has 0 radical (unpaired) electrons. The minimum absolute atomic E-state index is 0.819. The molecule has 0 bridgehead atoms. The van der Waals surface area contributed by atoms with Crippen LogP contribution in [0.3, 0.4) is 0 Å². The molecule has 0 aromatic heterocycles. The van der Waals surface area contributed by atoms with Gasteiger partial charge in [-0.1, -0.05) is 5.92 Å². The second kappa shape index (κ2) is 1.88. The van der Waals surface area contributed by atoms with Gasteiger partial charge in [-0.3, -0.25) is 0 Å². The van der Waals surface area contributed by atoms with Crippen molar-refractivity contribution >= 4 is 0 Å². The molecule has 0 unspecified atom stereocenters. The fourth-order valence-corrected chi connectivity index (χ4v) is 0.512. The van der Waals surface area contributed by atoms with Crippen LogP contribution in [-0.2, 0) is 0 Å². The first-order valence-electron chi connectivity index (χ1n) is 2.55. The van der Waals surface area contributed by atoms with Gasteiger partial charge < -0.3 is 5.11 Å². The van der Waals surface area contributed by atoms with Gasteiger partial charge in [0, 0.05) is 6.42 Å². The average molecular weight is 96.1 g/mol. The lowest BCUT2D eigenvalue weighted by Gasteiger charge is -1.74. The largest absolute Gasteiger partial charge is 0.462 e. The van der Waals surface area contributed by atoms with Crippen LogP contribution in [0.2, 0.25) is 0 Å². The van der Waals surface area contributed by atoms with E-state index in [9.17, 15) is 0 Å². The molecule has 0 aliphatic heterocycles. The van der Waals surface area contributed by atoms with Gasteiger partial charge in [-0.15, -0.1) is 0 Å². The number of aliphatic hydroxyl groups is 1. The van der Waals surface area contributed by atoms with E-state index in [-0.39, 0.29) is 0 Å². The number of aliphatic hydroxyl groups excluding tert-OH is 1. The smallest absolute Gasteiger partial charge is 0.107 e. The second-order valence-electron chi connectivity index (χ2n) is 1.94. The lowest BCUT2D eigenvalue weighted by molar-refractivity contribution is 0.515. The monoisotopic (exact) mass is 96.1 g/mol. The molecule has 0 atom stereocenters. The minimum Gasteiger partial charge on any atom is -0.462 e. The molecule has 38 valence electrons. The molecule has 7 heavy (non-hydrogen) atoms. The molecule has 0 spiro atoms. The maximum atomic E-state index is 7.98. The molecule has 1 nitrogen and oxygen atoms in total. The molecular weight excluding hydrogens is 88.1 g/mol. The highest BCUT2D eigenvalue weighted by Gasteiger charge is 2.19. The Balaban J connectivity index is 2.05. The fraction of sp³-hybridized carbons (Fsp3) is 0.667. The zero-order valence-electron chi connectivity index (χ0n) is 4.15. The second-order valence-corrected chi connectivity index (χ2v) is 1.94. The molecular formula is C6H8O. The van der Waals surface area contributed by atoms with Gasteiger partial charge in [0.1, 0.15) is 6.11 Å². The number of hydrogen-bond donors (Lipinski definition) is 1. The predicted molar refractivity (Wildman–Crippen MR) is 27.1 cm³/mol. The summed E-state index contributed by atoms with van der Waals surface area (Å²) in [5.41, 5.74) is 0. The third-order valence-corrected chi connectivity index (χ3v) is 1.17. The van der Waals surface area contributed by atoms with Crippen LogP contribution in [0.15, 0.2) is 0 Å². The van der Waals surface area contributed by atoms with Gasteiger partial charge in [-0.05, 0) is 18.8 Å². The van der Waals surface area contributed by atoms with Crippen LogP contribution < -0.4 is 0 Å². The van der Waals surface area contributed by atoms with E-state index in [1.54, 1.807) is 0 Å². The highest BCUT2D eigenvalue weighted by molar-refractivity contribution is 4.95. The Morgan fingerprint density at radius 2 is 2.29 bits per heavy atom. The van der Waals surface area contributed by atoms with Crippen LogP contribution in [0.25, 0.3) is 0 Å². The number of rotatable bonds is 1. The van der Waals surface area contributed by atoms with E-state index in [1.807, 2.05) is 6.11 Å². The summed E-state index contributed by atoms with van der Waals surface area (Å²) in [5.74, 6) is 3.43. The normalized spacial score (nSPS) is 17.7. The van der Waals surface area contributed by atoms with Crippen molar-refractivity contribution in [3.63, 3.8) is 0 Å². The van der Waals surface area contributed by atoms with Gasteiger partial charge in [-0.25, -0.2) is 0 Å². The van der Waals surface area contributed by atoms with Crippen molar-refractivity contribution in [1.29, 1.82) is 0 Å².